The number of carbonyl (C=O) groups excluding carboxylic acids is 1. The Balaban J connectivity index is 2.10. The van der Waals surface area contributed by atoms with Crippen LogP contribution in [0.5, 0.6) is 0 Å². The van der Waals surface area contributed by atoms with Crippen molar-refractivity contribution in [3.8, 4) is 0 Å². The third-order valence-corrected chi connectivity index (χ3v) is 4.79. The topological polar surface area (TPSA) is 63.2 Å². The normalized spacial score (nSPS) is 16.9. The standard InChI is InChI=1S/C13H15ClFNO3S/c14-20(18,19)12-7-6-10(8-11(12)15)16-13(17)9-4-2-1-3-5-9/h6-9H,1-5H2,(H,16,17). The van der Waals surface area contributed by atoms with E-state index in [1.54, 1.807) is 0 Å². The molecular weight excluding hydrogens is 305 g/mol. The second-order valence-corrected chi connectivity index (χ2v) is 7.44. The number of rotatable bonds is 3. The Kier molecular flexibility index (Phi) is 4.65. The van der Waals surface area contributed by atoms with Gasteiger partial charge in [-0.25, -0.2) is 12.8 Å². The maximum absolute atomic E-state index is 13.6. The van der Waals surface area contributed by atoms with Gasteiger partial charge in [0.05, 0.1) is 0 Å². The van der Waals surface area contributed by atoms with E-state index in [-0.39, 0.29) is 17.5 Å². The van der Waals surface area contributed by atoms with Crippen LogP contribution in [0, 0.1) is 11.7 Å². The van der Waals surface area contributed by atoms with Crippen molar-refractivity contribution >= 4 is 31.3 Å². The zero-order valence-electron chi connectivity index (χ0n) is 10.7. The van der Waals surface area contributed by atoms with E-state index in [9.17, 15) is 17.6 Å². The molecule has 0 heterocycles. The van der Waals surface area contributed by atoms with Crippen LogP contribution in [0.1, 0.15) is 32.1 Å². The zero-order chi connectivity index (χ0) is 14.8. The van der Waals surface area contributed by atoms with Crippen LogP contribution in [-0.4, -0.2) is 14.3 Å². The first kappa shape index (κ1) is 15.3. The highest BCUT2D eigenvalue weighted by Gasteiger charge is 2.22. The summed E-state index contributed by atoms with van der Waals surface area (Å²) in [6.07, 6.45) is 4.86. The molecule has 0 aliphatic heterocycles. The van der Waals surface area contributed by atoms with Gasteiger partial charge in [-0.15, -0.1) is 0 Å². The third-order valence-electron chi connectivity index (χ3n) is 3.44. The minimum Gasteiger partial charge on any atom is -0.326 e. The fraction of sp³-hybridized carbons (Fsp3) is 0.462. The summed E-state index contributed by atoms with van der Waals surface area (Å²) in [6.45, 7) is 0. The highest BCUT2D eigenvalue weighted by Crippen LogP contribution is 2.26. The van der Waals surface area contributed by atoms with Gasteiger partial charge >= 0.3 is 0 Å². The molecule has 0 saturated heterocycles. The van der Waals surface area contributed by atoms with E-state index >= 15 is 0 Å². The number of halogens is 2. The van der Waals surface area contributed by atoms with Gasteiger partial charge in [-0.1, -0.05) is 19.3 Å². The van der Waals surface area contributed by atoms with Gasteiger partial charge in [-0.3, -0.25) is 4.79 Å². The van der Waals surface area contributed by atoms with Crippen LogP contribution in [0.3, 0.4) is 0 Å². The average Bonchev–Trinajstić information content (AvgIpc) is 2.38. The third kappa shape index (κ3) is 3.70. The number of hydrogen-bond acceptors (Lipinski definition) is 3. The maximum Gasteiger partial charge on any atom is 0.264 e. The first-order valence-corrected chi connectivity index (χ1v) is 8.74. The maximum atomic E-state index is 13.6. The highest BCUT2D eigenvalue weighted by atomic mass is 35.7. The van der Waals surface area contributed by atoms with Crippen LogP contribution in [0.2, 0.25) is 0 Å². The molecule has 1 aliphatic carbocycles. The van der Waals surface area contributed by atoms with Gasteiger partial charge in [-0.05, 0) is 31.0 Å². The van der Waals surface area contributed by atoms with Gasteiger partial charge in [-0.2, -0.15) is 0 Å². The molecule has 20 heavy (non-hydrogen) atoms. The summed E-state index contributed by atoms with van der Waals surface area (Å²) in [7, 11) is 0.974. The van der Waals surface area contributed by atoms with Gasteiger partial charge in [0.1, 0.15) is 10.7 Å². The Morgan fingerprint density at radius 1 is 1.25 bits per heavy atom. The zero-order valence-corrected chi connectivity index (χ0v) is 12.3. The first-order chi connectivity index (χ1) is 9.38. The summed E-state index contributed by atoms with van der Waals surface area (Å²) < 4.78 is 35.8. The molecule has 7 heteroatoms. The molecule has 0 atom stereocenters. The number of carbonyl (C=O) groups is 1. The molecule has 4 nitrogen and oxygen atoms in total. The minimum absolute atomic E-state index is 0.0525. The molecule has 0 aromatic heterocycles. The molecule has 1 saturated carbocycles. The monoisotopic (exact) mass is 319 g/mol. The van der Waals surface area contributed by atoms with Gasteiger partial charge < -0.3 is 5.32 Å². The molecule has 2 rings (SSSR count). The lowest BCUT2D eigenvalue weighted by molar-refractivity contribution is -0.120. The molecule has 0 bridgehead atoms. The summed E-state index contributed by atoms with van der Waals surface area (Å²) >= 11 is 0. The van der Waals surface area contributed by atoms with Gasteiger partial charge in [0.2, 0.25) is 5.91 Å². The first-order valence-electron chi connectivity index (χ1n) is 6.43. The van der Waals surface area contributed by atoms with E-state index in [4.69, 9.17) is 10.7 Å². The minimum atomic E-state index is -4.11. The molecule has 1 N–H and O–H groups in total. The lowest BCUT2D eigenvalue weighted by atomic mass is 9.88. The van der Waals surface area contributed by atoms with Crippen molar-refractivity contribution < 1.29 is 17.6 Å². The van der Waals surface area contributed by atoms with E-state index in [1.807, 2.05) is 0 Å². The Bertz CT molecular complexity index is 612. The van der Waals surface area contributed by atoms with Crippen molar-refractivity contribution in [1.82, 2.24) is 0 Å². The van der Waals surface area contributed by atoms with E-state index in [2.05, 4.69) is 5.32 Å². The molecular formula is C13H15ClFNO3S. The molecule has 0 spiro atoms. The van der Waals surface area contributed by atoms with Crippen molar-refractivity contribution in [2.75, 3.05) is 5.32 Å². The number of anilines is 1. The molecule has 1 amide bonds. The molecule has 0 radical (unpaired) electrons. The van der Waals surface area contributed by atoms with E-state index in [1.165, 1.54) is 6.07 Å². The van der Waals surface area contributed by atoms with Crippen LogP contribution in [0.25, 0.3) is 0 Å². The fourth-order valence-corrected chi connectivity index (χ4v) is 3.28. The molecule has 1 fully saturated rings. The van der Waals surface area contributed by atoms with Crippen molar-refractivity contribution in [2.45, 2.75) is 37.0 Å². The van der Waals surface area contributed by atoms with Gasteiger partial charge in [0.25, 0.3) is 9.05 Å². The van der Waals surface area contributed by atoms with E-state index in [0.29, 0.717) is 0 Å². The predicted octanol–water partition coefficient (Wildman–Crippen LogP) is 3.27. The van der Waals surface area contributed by atoms with E-state index < -0.39 is 19.8 Å². The van der Waals surface area contributed by atoms with Crippen LogP contribution < -0.4 is 5.32 Å². The number of hydrogen-bond donors (Lipinski definition) is 1. The van der Waals surface area contributed by atoms with Crippen LogP contribution in [-0.2, 0) is 13.8 Å². The fourth-order valence-electron chi connectivity index (χ4n) is 2.39. The van der Waals surface area contributed by atoms with Crippen molar-refractivity contribution in [1.29, 1.82) is 0 Å². The lowest BCUT2D eigenvalue weighted by Crippen LogP contribution is -2.24. The van der Waals surface area contributed by atoms with Crippen molar-refractivity contribution in [2.24, 2.45) is 5.92 Å². The van der Waals surface area contributed by atoms with Crippen molar-refractivity contribution in [3.63, 3.8) is 0 Å². The second-order valence-electron chi connectivity index (χ2n) is 4.91. The Morgan fingerprint density at radius 3 is 2.45 bits per heavy atom. The summed E-state index contributed by atoms with van der Waals surface area (Å²) in [6, 6.07) is 3.35. The summed E-state index contributed by atoms with van der Waals surface area (Å²) in [4.78, 5) is 11.4. The van der Waals surface area contributed by atoms with Crippen molar-refractivity contribution in [3.05, 3.63) is 24.0 Å². The second kappa shape index (κ2) is 6.10. The smallest absolute Gasteiger partial charge is 0.264 e. The van der Waals surface area contributed by atoms with E-state index in [0.717, 1.165) is 44.2 Å². The lowest BCUT2D eigenvalue weighted by Gasteiger charge is -2.20. The highest BCUT2D eigenvalue weighted by molar-refractivity contribution is 8.13. The molecule has 1 aromatic rings. The van der Waals surface area contributed by atoms with Crippen LogP contribution in [0.15, 0.2) is 23.1 Å². The molecule has 110 valence electrons. The predicted molar refractivity (Wildman–Crippen MR) is 74.6 cm³/mol. The SMILES string of the molecule is O=C(Nc1ccc(S(=O)(=O)Cl)c(F)c1)C1CCCCC1. The summed E-state index contributed by atoms with van der Waals surface area (Å²) in [5.74, 6) is -1.17. The summed E-state index contributed by atoms with van der Waals surface area (Å²) in [5, 5.41) is 2.61. The Labute approximate surface area is 121 Å². The van der Waals surface area contributed by atoms with Gasteiger partial charge in [0, 0.05) is 22.3 Å². The number of benzene rings is 1. The quantitative estimate of drug-likeness (QED) is 0.870. The Morgan fingerprint density at radius 2 is 1.90 bits per heavy atom. The largest absolute Gasteiger partial charge is 0.326 e. The molecule has 1 aromatic carbocycles. The molecule has 0 unspecified atom stereocenters. The average molecular weight is 320 g/mol. The Hall–Kier alpha value is -1.14. The summed E-state index contributed by atoms with van der Waals surface area (Å²) in [5.41, 5.74) is 0.238. The van der Waals surface area contributed by atoms with Crippen LogP contribution >= 0.6 is 10.7 Å². The molecule has 1 aliphatic rings. The van der Waals surface area contributed by atoms with Crippen LogP contribution in [0.4, 0.5) is 10.1 Å². The number of nitrogens with one attached hydrogen (secondary N) is 1. The number of amides is 1. The van der Waals surface area contributed by atoms with Gasteiger partial charge in [0.15, 0.2) is 0 Å².